The van der Waals surface area contributed by atoms with Gasteiger partial charge in [-0.2, -0.15) is 0 Å². The zero-order chi connectivity index (χ0) is 31.8. The van der Waals surface area contributed by atoms with Crippen LogP contribution < -0.4 is 5.32 Å². The van der Waals surface area contributed by atoms with Gasteiger partial charge in [-0.3, -0.25) is 9.79 Å². The summed E-state index contributed by atoms with van der Waals surface area (Å²) in [4.78, 5) is 18.8. The maximum atomic E-state index is 13.0. The standard InChI is InChI=1S/C30H34Cl2FN3O2.2C2H6/c1-4-26(38-3)9-7-5-6-8-18-34-29(27-15-12-24(31)21-28(27)32)22-36(2)20-17-30(37)35-19-16-23-10-13-25(33)14-11-23;2*1-2/h4,6-15,18,21-22H,5,16-17,19-20H2,1-3H3,(H,35,37);2*1-2H3/b8-6+,9-7-,26-4+,29-22-,34-18+;;. The van der Waals surface area contributed by atoms with Gasteiger partial charge in [0.2, 0.25) is 5.91 Å². The van der Waals surface area contributed by atoms with Crippen molar-refractivity contribution in [3.05, 3.63) is 112 Å². The second-order valence-corrected chi connectivity index (χ2v) is 9.18. The largest absolute Gasteiger partial charge is 0.497 e. The summed E-state index contributed by atoms with van der Waals surface area (Å²) in [5.74, 6) is 0.471. The maximum absolute atomic E-state index is 13.0. The third kappa shape index (κ3) is 16.8. The zero-order valence-corrected chi connectivity index (χ0v) is 27.5. The molecule has 0 aromatic heterocycles. The van der Waals surface area contributed by atoms with E-state index in [1.165, 1.54) is 12.1 Å². The van der Waals surface area contributed by atoms with Crippen molar-refractivity contribution in [3.8, 4) is 0 Å². The van der Waals surface area contributed by atoms with Gasteiger partial charge in [0.15, 0.2) is 0 Å². The summed E-state index contributed by atoms with van der Waals surface area (Å²) in [6.07, 6.45) is 14.9. The summed E-state index contributed by atoms with van der Waals surface area (Å²) in [6, 6.07) is 11.5. The van der Waals surface area contributed by atoms with Gasteiger partial charge in [0.1, 0.15) is 11.6 Å². The number of halogens is 3. The molecule has 0 atom stereocenters. The number of nitrogens with one attached hydrogen (secondary N) is 1. The van der Waals surface area contributed by atoms with Gasteiger partial charge in [0.25, 0.3) is 0 Å². The summed E-state index contributed by atoms with van der Waals surface area (Å²) in [5, 5.41) is 3.93. The van der Waals surface area contributed by atoms with Crippen molar-refractivity contribution in [2.45, 2.75) is 53.9 Å². The molecule has 5 nitrogen and oxygen atoms in total. The molecule has 2 aromatic carbocycles. The van der Waals surface area contributed by atoms with Gasteiger partial charge >= 0.3 is 0 Å². The Morgan fingerprint density at radius 3 is 2.38 bits per heavy atom. The Balaban J connectivity index is 0.00000402. The Bertz CT molecular complexity index is 1190. The van der Waals surface area contributed by atoms with E-state index < -0.39 is 0 Å². The Labute approximate surface area is 262 Å². The topological polar surface area (TPSA) is 53.9 Å². The number of ether oxygens (including phenoxy) is 1. The highest BCUT2D eigenvalue weighted by atomic mass is 35.5. The molecular formula is C34H46Cl2FN3O2. The second kappa shape index (κ2) is 24.3. The maximum Gasteiger partial charge on any atom is 0.221 e. The average molecular weight is 619 g/mol. The lowest BCUT2D eigenvalue weighted by Crippen LogP contribution is -2.28. The Hall–Kier alpha value is -3.35. The summed E-state index contributed by atoms with van der Waals surface area (Å²) in [7, 11) is 3.51. The smallest absolute Gasteiger partial charge is 0.221 e. The minimum Gasteiger partial charge on any atom is -0.497 e. The lowest BCUT2D eigenvalue weighted by molar-refractivity contribution is -0.121. The molecule has 0 radical (unpaired) electrons. The van der Waals surface area contributed by atoms with E-state index in [9.17, 15) is 9.18 Å². The molecule has 0 aliphatic rings. The van der Waals surface area contributed by atoms with E-state index >= 15 is 0 Å². The van der Waals surface area contributed by atoms with Crippen molar-refractivity contribution >= 4 is 41.0 Å². The third-order valence-corrected chi connectivity index (χ3v) is 5.95. The number of benzene rings is 2. The Kier molecular flexibility index (Phi) is 22.3. The molecule has 0 fully saturated rings. The monoisotopic (exact) mass is 617 g/mol. The van der Waals surface area contributed by atoms with Gasteiger partial charge in [-0.15, -0.1) is 0 Å². The fraction of sp³-hybridized carbons (Fsp3) is 0.353. The van der Waals surface area contributed by atoms with Crippen molar-refractivity contribution in [3.63, 3.8) is 0 Å². The summed E-state index contributed by atoms with van der Waals surface area (Å²) < 4.78 is 18.2. The Morgan fingerprint density at radius 2 is 1.76 bits per heavy atom. The number of nitrogens with zero attached hydrogens (tertiary/aromatic N) is 2. The van der Waals surface area contributed by atoms with E-state index in [0.29, 0.717) is 41.7 Å². The van der Waals surface area contributed by atoms with Crippen LogP contribution in [0.5, 0.6) is 0 Å². The van der Waals surface area contributed by atoms with Crippen molar-refractivity contribution in [2.75, 3.05) is 27.2 Å². The van der Waals surface area contributed by atoms with Crippen LogP contribution in [0.3, 0.4) is 0 Å². The van der Waals surface area contributed by atoms with Crippen molar-refractivity contribution in [1.29, 1.82) is 0 Å². The summed E-state index contributed by atoms with van der Waals surface area (Å²) in [5.41, 5.74) is 2.34. The second-order valence-electron chi connectivity index (χ2n) is 8.34. The SMILES string of the molecule is C/C=C(\C=C/C/C=C/C=N/C(=C\N(C)CCC(=O)NCCc1ccc(F)cc1)c1ccc(Cl)cc1Cl)OC.CC.CC. The number of rotatable bonds is 14. The quantitative estimate of drug-likeness (QED) is 0.130. The minimum atomic E-state index is -0.272. The van der Waals surface area contributed by atoms with E-state index in [1.807, 2.05) is 89.2 Å². The molecule has 1 N–H and O–H groups in total. The van der Waals surface area contributed by atoms with Crippen LogP contribution >= 0.6 is 23.2 Å². The first-order chi connectivity index (χ1) is 20.3. The van der Waals surface area contributed by atoms with Crippen molar-refractivity contribution in [2.24, 2.45) is 4.99 Å². The molecule has 0 bridgehead atoms. The molecule has 0 spiro atoms. The highest BCUT2D eigenvalue weighted by Gasteiger charge is 2.09. The molecule has 0 unspecified atom stereocenters. The molecular weight excluding hydrogens is 572 g/mol. The van der Waals surface area contributed by atoms with Crippen LogP contribution in [0, 0.1) is 5.82 Å². The molecule has 2 rings (SSSR count). The molecule has 230 valence electrons. The van der Waals surface area contributed by atoms with Gasteiger partial charge in [-0.1, -0.05) is 75.2 Å². The fourth-order valence-electron chi connectivity index (χ4n) is 3.31. The van der Waals surface area contributed by atoms with Gasteiger partial charge < -0.3 is 15.0 Å². The highest BCUT2D eigenvalue weighted by Crippen LogP contribution is 2.28. The van der Waals surface area contributed by atoms with Crippen LogP contribution in [0.2, 0.25) is 10.0 Å². The van der Waals surface area contributed by atoms with Gasteiger partial charge in [-0.05, 0) is 73.9 Å². The van der Waals surface area contributed by atoms with Crippen LogP contribution in [0.25, 0.3) is 5.70 Å². The van der Waals surface area contributed by atoms with Gasteiger partial charge in [0, 0.05) is 49.6 Å². The fourth-order valence-corrected chi connectivity index (χ4v) is 3.82. The van der Waals surface area contributed by atoms with E-state index in [-0.39, 0.29) is 11.7 Å². The first-order valence-electron chi connectivity index (χ1n) is 14.3. The number of aliphatic imine (C=N–C) groups is 1. The average Bonchev–Trinajstić information content (AvgIpc) is 3.00. The molecule has 0 heterocycles. The molecule has 0 aliphatic carbocycles. The van der Waals surface area contributed by atoms with E-state index in [2.05, 4.69) is 10.3 Å². The third-order valence-electron chi connectivity index (χ3n) is 5.40. The highest BCUT2D eigenvalue weighted by molar-refractivity contribution is 6.35. The summed E-state index contributed by atoms with van der Waals surface area (Å²) >= 11 is 12.5. The van der Waals surface area contributed by atoms with Crippen LogP contribution in [0.15, 0.2) is 89.8 Å². The minimum absolute atomic E-state index is 0.0625. The first kappa shape index (κ1) is 38.6. The number of carbonyl (C=O) groups is 1. The molecule has 0 saturated carbocycles. The molecule has 8 heteroatoms. The van der Waals surface area contributed by atoms with Gasteiger partial charge in [0.05, 0.1) is 17.8 Å². The number of methoxy groups -OCH3 is 1. The number of allylic oxidation sites excluding steroid dienone is 5. The molecule has 0 saturated heterocycles. The Morgan fingerprint density at radius 1 is 1.07 bits per heavy atom. The van der Waals surface area contributed by atoms with Crippen LogP contribution in [0.4, 0.5) is 4.39 Å². The number of hydrogen-bond acceptors (Lipinski definition) is 4. The van der Waals surface area contributed by atoms with Crippen molar-refractivity contribution in [1.82, 2.24) is 10.2 Å². The van der Waals surface area contributed by atoms with Gasteiger partial charge in [-0.25, -0.2) is 4.39 Å². The normalized spacial score (nSPS) is 11.7. The van der Waals surface area contributed by atoms with E-state index in [4.69, 9.17) is 27.9 Å². The lowest BCUT2D eigenvalue weighted by Gasteiger charge is -2.16. The zero-order valence-electron chi connectivity index (χ0n) is 26.0. The predicted molar refractivity (Wildman–Crippen MR) is 180 cm³/mol. The van der Waals surface area contributed by atoms with Crippen LogP contribution in [-0.4, -0.2) is 44.3 Å². The lowest BCUT2D eigenvalue weighted by atomic mass is 10.1. The predicted octanol–water partition coefficient (Wildman–Crippen LogP) is 9.29. The van der Waals surface area contributed by atoms with E-state index in [0.717, 1.165) is 23.3 Å². The molecule has 42 heavy (non-hydrogen) atoms. The molecule has 1 amide bonds. The summed E-state index contributed by atoms with van der Waals surface area (Å²) in [6.45, 7) is 10.9. The number of amides is 1. The van der Waals surface area contributed by atoms with Crippen molar-refractivity contribution < 1.29 is 13.9 Å². The van der Waals surface area contributed by atoms with Crippen LogP contribution in [0.1, 0.15) is 58.6 Å². The first-order valence-corrected chi connectivity index (χ1v) is 15.0. The molecule has 2 aromatic rings. The number of carbonyl (C=O) groups excluding carboxylic acids is 1. The van der Waals surface area contributed by atoms with E-state index in [1.54, 1.807) is 37.6 Å². The number of hydrogen-bond donors (Lipinski definition) is 1. The van der Waals surface area contributed by atoms with Crippen LogP contribution in [-0.2, 0) is 16.0 Å². The molecule has 0 aliphatic heterocycles.